The minimum Gasteiger partial charge on any atom is -0.298 e. The first-order valence-electron chi connectivity index (χ1n) is 4.10. The number of carbonyl (C=O) groups excluding carboxylic acids is 1. The zero-order valence-electron chi connectivity index (χ0n) is 7.36. The topological polar surface area (TPSA) is 75.0 Å². The van der Waals surface area contributed by atoms with Gasteiger partial charge in [-0.3, -0.25) is 4.79 Å². The van der Waals surface area contributed by atoms with Crippen molar-refractivity contribution in [1.29, 1.82) is 5.26 Å². The van der Waals surface area contributed by atoms with Gasteiger partial charge in [-0.25, -0.2) is 8.42 Å². The number of nitriles is 1. The fraction of sp³-hybridized carbons (Fsp3) is 0.750. The van der Waals surface area contributed by atoms with E-state index in [2.05, 4.69) is 0 Å². The quantitative estimate of drug-likeness (QED) is 0.637. The first-order valence-corrected chi connectivity index (χ1v) is 5.92. The third-order valence-electron chi connectivity index (χ3n) is 2.26. The van der Waals surface area contributed by atoms with Gasteiger partial charge in [0.2, 0.25) is 0 Å². The van der Waals surface area contributed by atoms with Crippen LogP contribution in [0.5, 0.6) is 0 Å². The predicted molar refractivity (Wildman–Crippen MR) is 46.5 cm³/mol. The van der Waals surface area contributed by atoms with Gasteiger partial charge >= 0.3 is 0 Å². The Morgan fingerprint density at radius 1 is 1.62 bits per heavy atom. The Morgan fingerprint density at radius 2 is 2.23 bits per heavy atom. The molecule has 0 bridgehead atoms. The molecule has 4 nitrogen and oxygen atoms in total. The average molecular weight is 201 g/mol. The van der Waals surface area contributed by atoms with Gasteiger partial charge in [0, 0.05) is 5.92 Å². The molecule has 0 N–H and O–H groups in total. The SMILES string of the molecule is CC(C#N)C(=O)C1CCS(=O)(=O)C1. The van der Waals surface area contributed by atoms with Crippen molar-refractivity contribution in [2.45, 2.75) is 13.3 Å². The van der Waals surface area contributed by atoms with Gasteiger partial charge in [0.25, 0.3) is 0 Å². The molecule has 2 unspecified atom stereocenters. The normalized spacial score (nSPS) is 27.8. The van der Waals surface area contributed by atoms with Crippen LogP contribution in [0.2, 0.25) is 0 Å². The Labute approximate surface area is 77.5 Å². The molecule has 1 aliphatic rings. The van der Waals surface area contributed by atoms with E-state index in [1.807, 2.05) is 6.07 Å². The van der Waals surface area contributed by atoms with Crippen molar-refractivity contribution in [3.63, 3.8) is 0 Å². The molecule has 1 aliphatic heterocycles. The summed E-state index contributed by atoms with van der Waals surface area (Å²) in [6, 6.07) is 1.82. The van der Waals surface area contributed by atoms with Crippen molar-refractivity contribution in [2.75, 3.05) is 11.5 Å². The van der Waals surface area contributed by atoms with E-state index in [1.54, 1.807) is 0 Å². The zero-order chi connectivity index (χ0) is 10.1. The van der Waals surface area contributed by atoms with Gasteiger partial charge in [0.1, 0.15) is 5.92 Å². The van der Waals surface area contributed by atoms with Gasteiger partial charge in [0.05, 0.1) is 17.6 Å². The number of sulfone groups is 1. The maximum Gasteiger partial charge on any atom is 0.153 e. The number of hydrogen-bond donors (Lipinski definition) is 0. The predicted octanol–water partition coefficient (Wildman–Crippen LogP) is 0.150. The van der Waals surface area contributed by atoms with E-state index >= 15 is 0 Å². The number of hydrogen-bond acceptors (Lipinski definition) is 4. The van der Waals surface area contributed by atoms with Crippen LogP contribution in [0.4, 0.5) is 0 Å². The molecule has 1 heterocycles. The molecule has 0 saturated carbocycles. The third-order valence-corrected chi connectivity index (χ3v) is 4.02. The number of nitrogens with zero attached hydrogens (tertiary/aromatic N) is 1. The minimum atomic E-state index is -3.01. The first kappa shape index (κ1) is 10.2. The van der Waals surface area contributed by atoms with E-state index in [4.69, 9.17) is 5.26 Å². The van der Waals surface area contributed by atoms with Crippen LogP contribution < -0.4 is 0 Å². The molecule has 5 heteroatoms. The molecular weight excluding hydrogens is 190 g/mol. The van der Waals surface area contributed by atoms with Crippen LogP contribution >= 0.6 is 0 Å². The summed E-state index contributed by atoms with van der Waals surface area (Å²) in [5, 5.41) is 8.48. The molecule has 2 atom stereocenters. The molecule has 0 amide bonds. The van der Waals surface area contributed by atoms with Crippen molar-refractivity contribution in [2.24, 2.45) is 11.8 Å². The molecule has 72 valence electrons. The van der Waals surface area contributed by atoms with Crippen LogP contribution in [0.3, 0.4) is 0 Å². The molecule has 0 spiro atoms. The highest BCUT2D eigenvalue weighted by atomic mass is 32.2. The fourth-order valence-electron chi connectivity index (χ4n) is 1.44. The summed E-state index contributed by atoms with van der Waals surface area (Å²) in [4.78, 5) is 11.4. The summed E-state index contributed by atoms with van der Waals surface area (Å²) in [5.74, 6) is -1.35. The lowest BCUT2D eigenvalue weighted by atomic mass is 9.95. The van der Waals surface area contributed by atoms with Crippen LogP contribution in [-0.2, 0) is 14.6 Å². The lowest BCUT2D eigenvalue weighted by molar-refractivity contribution is -0.124. The van der Waals surface area contributed by atoms with E-state index in [9.17, 15) is 13.2 Å². The minimum absolute atomic E-state index is 0.0716. The Bertz CT molecular complexity index is 352. The number of carbonyl (C=O) groups is 1. The van der Waals surface area contributed by atoms with Gasteiger partial charge in [-0.1, -0.05) is 0 Å². The third kappa shape index (κ3) is 2.28. The monoisotopic (exact) mass is 201 g/mol. The molecule has 1 fully saturated rings. The van der Waals surface area contributed by atoms with Crippen LogP contribution in [0.15, 0.2) is 0 Å². The van der Waals surface area contributed by atoms with Crippen LogP contribution in [0.25, 0.3) is 0 Å². The Morgan fingerprint density at radius 3 is 2.62 bits per heavy atom. The smallest absolute Gasteiger partial charge is 0.153 e. The summed E-state index contributed by atoms with van der Waals surface area (Å²) < 4.78 is 22.0. The summed E-state index contributed by atoms with van der Waals surface area (Å²) >= 11 is 0. The van der Waals surface area contributed by atoms with Crippen molar-refractivity contribution in [3.8, 4) is 6.07 Å². The van der Waals surface area contributed by atoms with Gasteiger partial charge in [-0.15, -0.1) is 0 Å². The van der Waals surface area contributed by atoms with E-state index < -0.39 is 21.7 Å². The van der Waals surface area contributed by atoms with Crippen molar-refractivity contribution >= 4 is 15.6 Å². The van der Waals surface area contributed by atoms with Crippen LogP contribution in [-0.4, -0.2) is 25.7 Å². The maximum atomic E-state index is 11.4. The average Bonchev–Trinajstić information content (AvgIpc) is 2.43. The molecule has 13 heavy (non-hydrogen) atoms. The number of rotatable bonds is 2. The van der Waals surface area contributed by atoms with Crippen LogP contribution in [0.1, 0.15) is 13.3 Å². The highest BCUT2D eigenvalue weighted by Crippen LogP contribution is 2.21. The van der Waals surface area contributed by atoms with Crippen molar-refractivity contribution in [1.82, 2.24) is 0 Å². The number of ketones is 1. The van der Waals surface area contributed by atoms with Gasteiger partial charge in [-0.05, 0) is 13.3 Å². The second kappa shape index (κ2) is 3.46. The molecule has 0 aromatic rings. The summed E-state index contributed by atoms with van der Waals surface area (Å²) in [7, 11) is -3.01. The molecule has 1 saturated heterocycles. The molecule has 1 rings (SSSR count). The van der Waals surface area contributed by atoms with E-state index in [0.717, 1.165) is 0 Å². The van der Waals surface area contributed by atoms with Crippen molar-refractivity contribution < 1.29 is 13.2 Å². The maximum absolute atomic E-state index is 11.4. The summed E-state index contributed by atoms with van der Waals surface area (Å²) in [5.41, 5.74) is 0. The van der Waals surface area contributed by atoms with E-state index in [1.165, 1.54) is 6.92 Å². The zero-order valence-corrected chi connectivity index (χ0v) is 8.17. The molecule has 0 aliphatic carbocycles. The lowest BCUT2D eigenvalue weighted by Gasteiger charge is -2.06. The Balaban J connectivity index is 2.68. The Kier molecular flexibility index (Phi) is 2.71. The summed E-state index contributed by atoms with van der Waals surface area (Å²) in [6.45, 7) is 1.51. The molecule has 0 aromatic heterocycles. The Hall–Kier alpha value is -0.890. The lowest BCUT2D eigenvalue weighted by Crippen LogP contribution is -2.21. The van der Waals surface area contributed by atoms with Gasteiger partial charge in [-0.2, -0.15) is 5.26 Å². The van der Waals surface area contributed by atoms with Crippen molar-refractivity contribution in [3.05, 3.63) is 0 Å². The largest absolute Gasteiger partial charge is 0.298 e. The van der Waals surface area contributed by atoms with Gasteiger partial charge in [0.15, 0.2) is 15.6 Å². The molecule has 0 aromatic carbocycles. The highest BCUT2D eigenvalue weighted by molar-refractivity contribution is 7.91. The summed E-state index contributed by atoms with van der Waals surface area (Å²) in [6.07, 6.45) is 0.382. The number of Topliss-reactive ketones (excluding diaryl/α,β-unsaturated/α-hetero) is 1. The standard InChI is InChI=1S/C8H11NO3S/c1-6(4-9)8(10)7-2-3-13(11,12)5-7/h6-7H,2-3,5H2,1H3. The second-order valence-electron chi connectivity index (χ2n) is 3.35. The van der Waals surface area contributed by atoms with Gasteiger partial charge < -0.3 is 0 Å². The highest BCUT2D eigenvalue weighted by Gasteiger charge is 2.34. The second-order valence-corrected chi connectivity index (χ2v) is 5.58. The molecule has 0 radical (unpaired) electrons. The fourth-order valence-corrected chi connectivity index (χ4v) is 3.19. The molecular formula is C8H11NO3S. The first-order chi connectivity index (χ1) is 5.96. The van der Waals surface area contributed by atoms with E-state index in [0.29, 0.717) is 6.42 Å². The van der Waals surface area contributed by atoms with Crippen LogP contribution in [0, 0.1) is 23.2 Å². The van der Waals surface area contributed by atoms with E-state index in [-0.39, 0.29) is 17.3 Å².